The summed E-state index contributed by atoms with van der Waals surface area (Å²) in [7, 11) is 0. The average Bonchev–Trinajstić information content (AvgIpc) is 2.46. The van der Waals surface area contributed by atoms with E-state index in [9.17, 15) is 4.79 Å². The van der Waals surface area contributed by atoms with Crippen LogP contribution >= 0.6 is 27.3 Å². The number of nitrogens with zero attached hydrogens (tertiary/aromatic N) is 1. The molecule has 0 amide bonds. The molecule has 0 spiro atoms. The molecule has 1 aromatic heterocycles. The van der Waals surface area contributed by atoms with Gasteiger partial charge in [-0.3, -0.25) is 4.79 Å². The van der Waals surface area contributed by atoms with Gasteiger partial charge in [0.1, 0.15) is 0 Å². The molecule has 0 unspecified atom stereocenters. The Balaban J connectivity index is 3.18. The van der Waals surface area contributed by atoms with Crippen LogP contribution in [0.1, 0.15) is 34.2 Å². The second-order valence-electron chi connectivity index (χ2n) is 2.63. The van der Waals surface area contributed by atoms with E-state index in [0.717, 1.165) is 15.1 Å². The van der Waals surface area contributed by atoms with Crippen molar-refractivity contribution >= 4 is 37.5 Å². The lowest BCUT2D eigenvalue weighted by atomic mass is 10.3. The Bertz CT molecular complexity index is 368. The predicted molar refractivity (Wildman–Crippen MR) is 59.4 cm³/mol. The zero-order valence-electron chi connectivity index (χ0n) is 7.72. The first kappa shape index (κ1) is 10.6. The Morgan fingerprint density at radius 1 is 1.62 bits per heavy atom. The molecule has 0 saturated heterocycles. The molecule has 0 bridgehead atoms. The fraction of sp³-hybridized carbons (Fsp3) is 0.333. The van der Waals surface area contributed by atoms with Gasteiger partial charge in [0, 0.05) is 11.4 Å². The Kier molecular flexibility index (Phi) is 3.39. The van der Waals surface area contributed by atoms with Gasteiger partial charge in [-0.2, -0.15) is 0 Å². The van der Waals surface area contributed by atoms with Crippen molar-refractivity contribution in [2.75, 3.05) is 0 Å². The van der Waals surface area contributed by atoms with Crippen LogP contribution in [0.4, 0.5) is 0 Å². The van der Waals surface area contributed by atoms with Crippen LogP contribution in [-0.4, -0.2) is 10.8 Å². The molecule has 1 heterocycles. The summed E-state index contributed by atoms with van der Waals surface area (Å²) >= 11 is 4.84. The topological polar surface area (TPSA) is 30.0 Å². The minimum atomic E-state index is 0.0238. The summed E-state index contributed by atoms with van der Waals surface area (Å²) in [6.07, 6.45) is 1.95. The fourth-order valence-corrected chi connectivity index (χ4v) is 2.36. The Labute approximate surface area is 89.8 Å². The summed E-state index contributed by atoms with van der Waals surface area (Å²) < 4.78 is 0.995. The van der Waals surface area contributed by atoms with Crippen LogP contribution < -0.4 is 0 Å². The molecule has 0 aliphatic carbocycles. The lowest BCUT2D eigenvalue weighted by Crippen LogP contribution is -1.89. The van der Waals surface area contributed by atoms with Gasteiger partial charge in [-0.15, -0.1) is 11.3 Å². The number of Topliss-reactive ketones (excluding diaryl/α,β-unsaturated/α-hetero) is 1. The van der Waals surface area contributed by atoms with E-state index in [-0.39, 0.29) is 5.78 Å². The average molecular weight is 260 g/mol. The van der Waals surface area contributed by atoms with Gasteiger partial charge in [0.05, 0.1) is 10.6 Å². The van der Waals surface area contributed by atoms with Crippen molar-refractivity contribution in [3.8, 4) is 0 Å². The number of aromatic nitrogens is 1. The molecule has 0 fully saturated rings. The highest BCUT2D eigenvalue weighted by molar-refractivity contribution is 9.15. The van der Waals surface area contributed by atoms with Gasteiger partial charge in [-0.25, -0.2) is 4.98 Å². The number of hydrogen-bond donors (Lipinski definition) is 0. The second kappa shape index (κ2) is 4.15. The third-order valence-electron chi connectivity index (χ3n) is 1.57. The normalized spacial score (nSPS) is 11.8. The SMILES string of the molecule is C/C=C(/Br)c1sc(C(C)=O)nc1C. The minimum absolute atomic E-state index is 0.0238. The van der Waals surface area contributed by atoms with Crippen LogP contribution in [0.25, 0.3) is 4.48 Å². The van der Waals surface area contributed by atoms with Gasteiger partial charge in [-0.1, -0.05) is 6.08 Å². The minimum Gasteiger partial charge on any atom is -0.292 e. The molecular weight excluding hydrogens is 250 g/mol. The zero-order valence-corrected chi connectivity index (χ0v) is 10.1. The van der Waals surface area contributed by atoms with Gasteiger partial charge >= 0.3 is 0 Å². The van der Waals surface area contributed by atoms with E-state index < -0.39 is 0 Å². The molecule has 2 nitrogen and oxygen atoms in total. The summed E-state index contributed by atoms with van der Waals surface area (Å²) in [5.41, 5.74) is 0.903. The van der Waals surface area contributed by atoms with Gasteiger partial charge in [0.25, 0.3) is 0 Å². The Morgan fingerprint density at radius 2 is 2.23 bits per heavy atom. The molecule has 0 aliphatic heterocycles. The zero-order chi connectivity index (χ0) is 10.0. The van der Waals surface area contributed by atoms with E-state index in [2.05, 4.69) is 20.9 Å². The van der Waals surface area contributed by atoms with Crippen LogP contribution in [-0.2, 0) is 0 Å². The molecule has 0 aromatic carbocycles. The molecular formula is C9H10BrNOS. The van der Waals surface area contributed by atoms with Crippen LogP contribution in [0, 0.1) is 6.92 Å². The quantitative estimate of drug-likeness (QED) is 0.763. The number of allylic oxidation sites excluding steroid dienone is 1. The van der Waals surface area contributed by atoms with Crippen molar-refractivity contribution in [2.24, 2.45) is 0 Å². The van der Waals surface area contributed by atoms with Crippen molar-refractivity contribution in [1.82, 2.24) is 4.98 Å². The van der Waals surface area contributed by atoms with Gasteiger partial charge in [0.2, 0.25) is 0 Å². The first-order valence-corrected chi connectivity index (χ1v) is 5.47. The molecule has 70 valence electrons. The second-order valence-corrected chi connectivity index (χ2v) is 4.48. The molecule has 0 aliphatic rings. The van der Waals surface area contributed by atoms with Crippen LogP contribution in [0.15, 0.2) is 6.08 Å². The first-order chi connectivity index (χ1) is 6.06. The Morgan fingerprint density at radius 3 is 2.62 bits per heavy atom. The molecule has 0 radical (unpaired) electrons. The summed E-state index contributed by atoms with van der Waals surface area (Å²) in [5.74, 6) is 0.0238. The number of thiazole rings is 1. The maximum absolute atomic E-state index is 11.0. The molecule has 13 heavy (non-hydrogen) atoms. The number of carbonyl (C=O) groups excluding carboxylic acids is 1. The smallest absolute Gasteiger partial charge is 0.188 e. The summed E-state index contributed by atoms with van der Waals surface area (Å²) in [4.78, 5) is 16.2. The molecule has 4 heteroatoms. The van der Waals surface area contributed by atoms with E-state index in [1.54, 1.807) is 0 Å². The van der Waals surface area contributed by atoms with Crippen molar-refractivity contribution in [2.45, 2.75) is 20.8 Å². The summed E-state index contributed by atoms with van der Waals surface area (Å²) in [5, 5.41) is 0.575. The fourth-order valence-electron chi connectivity index (χ4n) is 0.900. The number of hydrogen-bond acceptors (Lipinski definition) is 3. The molecule has 1 rings (SSSR count). The largest absolute Gasteiger partial charge is 0.292 e. The van der Waals surface area contributed by atoms with E-state index >= 15 is 0 Å². The highest BCUT2D eigenvalue weighted by Gasteiger charge is 2.11. The summed E-state index contributed by atoms with van der Waals surface area (Å²) in [6.45, 7) is 5.38. The molecule has 0 atom stereocenters. The van der Waals surface area contributed by atoms with Crippen molar-refractivity contribution in [3.05, 3.63) is 21.7 Å². The van der Waals surface area contributed by atoms with Crippen molar-refractivity contribution < 1.29 is 4.79 Å². The number of ketones is 1. The summed E-state index contributed by atoms with van der Waals surface area (Å²) in [6, 6.07) is 0. The third kappa shape index (κ3) is 2.25. The lowest BCUT2D eigenvalue weighted by Gasteiger charge is -1.92. The van der Waals surface area contributed by atoms with Crippen molar-refractivity contribution in [1.29, 1.82) is 0 Å². The van der Waals surface area contributed by atoms with Crippen LogP contribution in [0.3, 0.4) is 0 Å². The van der Waals surface area contributed by atoms with Gasteiger partial charge in [-0.05, 0) is 29.8 Å². The van der Waals surface area contributed by atoms with E-state index in [1.807, 2.05) is 19.9 Å². The third-order valence-corrected chi connectivity index (χ3v) is 3.98. The van der Waals surface area contributed by atoms with E-state index in [1.165, 1.54) is 18.3 Å². The lowest BCUT2D eigenvalue weighted by molar-refractivity contribution is 0.101. The van der Waals surface area contributed by atoms with Crippen LogP contribution in [0.2, 0.25) is 0 Å². The van der Waals surface area contributed by atoms with Crippen molar-refractivity contribution in [3.63, 3.8) is 0 Å². The van der Waals surface area contributed by atoms with Crippen LogP contribution in [0.5, 0.6) is 0 Å². The molecule has 0 saturated carbocycles. The van der Waals surface area contributed by atoms with E-state index in [0.29, 0.717) is 5.01 Å². The van der Waals surface area contributed by atoms with Gasteiger partial charge in [0.15, 0.2) is 10.8 Å². The molecule has 1 aromatic rings. The molecule has 0 N–H and O–H groups in total. The number of halogens is 1. The monoisotopic (exact) mass is 259 g/mol. The highest BCUT2D eigenvalue weighted by atomic mass is 79.9. The highest BCUT2D eigenvalue weighted by Crippen LogP contribution is 2.30. The maximum atomic E-state index is 11.0. The first-order valence-electron chi connectivity index (χ1n) is 3.86. The Hall–Kier alpha value is -0.480. The predicted octanol–water partition coefficient (Wildman–Crippen LogP) is 3.41. The number of aryl methyl sites for hydroxylation is 1. The maximum Gasteiger partial charge on any atom is 0.188 e. The van der Waals surface area contributed by atoms with Gasteiger partial charge < -0.3 is 0 Å². The van der Waals surface area contributed by atoms with E-state index in [4.69, 9.17) is 0 Å². The number of carbonyl (C=O) groups is 1. The number of rotatable bonds is 2. The standard InChI is InChI=1S/C9H10BrNOS/c1-4-7(10)8-5(2)11-9(13-8)6(3)12/h4H,1-3H3/b7-4+.